The molecule has 1 heterocycles. The van der Waals surface area contributed by atoms with E-state index in [9.17, 15) is 22.8 Å². The highest BCUT2D eigenvalue weighted by Gasteiger charge is 2.40. The molecule has 5 nitrogen and oxygen atoms in total. The summed E-state index contributed by atoms with van der Waals surface area (Å²) in [6.45, 7) is 1.76. The van der Waals surface area contributed by atoms with Gasteiger partial charge in [0.05, 0.1) is 29.3 Å². The van der Waals surface area contributed by atoms with Gasteiger partial charge in [0, 0.05) is 26.9 Å². The van der Waals surface area contributed by atoms with E-state index in [2.05, 4.69) is 26.1 Å². The van der Waals surface area contributed by atoms with Gasteiger partial charge in [0.15, 0.2) is 5.78 Å². The standard InChI is InChI=1S/C24H19BrF4N2O3/c1-2-34-23(33)12-9-10-13(17(26)11-12)21-19-14(5-3-8-18(19)30-31-21)22(32)20-15(24(27,28)29)6-4-7-16(20)25/h4,6-7,9-11,14H,2-3,5,8H2,1H3,(H,30,31). The van der Waals surface area contributed by atoms with Crippen molar-refractivity contribution in [3.05, 3.63) is 74.6 Å². The van der Waals surface area contributed by atoms with Crippen molar-refractivity contribution < 1.29 is 31.9 Å². The lowest BCUT2D eigenvalue weighted by molar-refractivity contribution is -0.138. The Hall–Kier alpha value is -3.01. The molecular weight excluding hydrogens is 520 g/mol. The first-order valence-corrected chi connectivity index (χ1v) is 11.4. The van der Waals surface area contributed by atoms with Crippen LogP contribution < -0.4 is 0 Å². The number of halogens is 5. The third-order valence-electron chi connectivity index (χ3n) is 5.77. The Morgan fingerprint density at radius 2 is 2.00 bits per heavy atom. The molecule has 0 fully saturated rings. The first-order valence-electron chi connectivity index (χ1n) is 10.6. The fourth-order valence-corrected chi connectivity index (χ4v) is 4.84. The molecule has 0 saturated heterocycles. The summed E-state index contributed by atoms with van der Waals surface area (Å²) in [6.07, 6.45) is -3.35. The van der Waals surface area contributed by atoms with Gasteiger partial charge in [-0.05, 0) is 56.5 Å². The van der Waals surface area contributed by atoms with Gasteiger partial charge in [0.25, 0.3) is 0 Å². The zero-order valence-electron chi connectivity index (χ0n) is 17.9. The van der Waals surface area contributed by atoms with Crippen molar-refractivity contribution in [1.29, 1.82) is 0 Å². The molecule has 0 saturated carbocycles. The Balaban J connectivity index is 1.80. The van der Waals surface area contributed by atoms with Crippen molar-refractivity contribution in [3.8, 4) is 11.3 Å². The smallest absolute Gasteiger partial charge is 0.417 e. The average Bonchev–Trinajstić information content (AvgIpc) is 3.22. The first-order chi connectivity index (χ1) is 16.1. The highest BCUT2D eigenvalue weighted by molar-refractivity contribution is 9.10. The maximum atomic E-state index is 15.0. The van der Waals surface area contributed by atoms with Crippen LogP contribution in [0.25, 0.3) is 11.3 Å². The number of aromatic amines is 1. The summed E-state index contributed by atoms with van der Waals surface area (Å²) in [6, 6.07) is 7.23. The lowest BCUT2D eigenvalue weighted by atomic mass is 9.79. The normalized spacial score (nSPS) is 15.6. The number of ketones is 1. The van der Waals surface area contributed by atoms with Crippen LogP contribution in [0.5, 0.6) is 0 Å². The number of nitrogens with one attached hydrogen (secondary N) is 1. The number of benzene rings is 2. The van der Waals surface area contributed by atoms with Crippen LogP contribution in [0.15, 0.2) is 40.9 Å². The van der Waals surface area contributed by atoms with Gasteiger partial charge in [-0.2, -0.15) is 18.3 Å². The molecule has 0 aliphatic heterocycles. The Bertz CT molecular complexity index is 1270. The maximum Gasteiger partial charge on any atom is 0.417 e. The van der Waals surface area contributed by atoms with Crippen LogP contribution in [0.3, 0.4) is 0 Å². The van der Waals surface area contributed by atoms with Crippen LogP contribution in [0, 0.1) is 5.82 Å². The van der Waals surface area contributed by atoms with E-state index in [-0.39, 0.29) is 27.9 Å². The Morgan fingerprint density at radius 1 is 1.24 bits per heavy atom. The van der Waals surface area contributed by atoms with E-state index in [4.69, 9.17) is 4.74 Å². The number of H-pyrrole nitrogens is 1. The van der Waals surface area contributed by atoms with E-state index in [0.29, 0.717) is 30.5 Å². The Kier molecular flexibility index (Phi) is 6.62. The lowest BCUT2D eigenvalue weighted by Gasteiger charge is -2.24. The van der Waals surface area contributed by atoms with E-state index in [1.54, 1.807) is 6.92 Å². The predicted octanol–water partition coefficient (Wildman–Crippen LogP) is 6.48. The number of rotatable bonds is 5. The maximum absolute atomic E-state index is 15.0. The quantitative estimate of drug-likeness (QED) is 0.229. The molecule has 0 spiro atoms. The number of carbonyl (C=O) groups is 2. The summed E-state index contributed by atoms with van der Waals surface area (Å²) in [7, 11) is 0. The van der Waals surface area contributed by atoms with Gasteiger partial charge in [-0.25, -0.2) is 9.18 Å². The molecule has 1 unspecified atom stereocenters. The van der Waals surface area contributed by atoms with Crippen molar-refractivity contribution in [1.82, 2.24) is 10.2 Å². The third-order valence-corrected chi connectivity index (χ3v) is 6.43. The summed E-state index contributed by atoms with van der Waals surface area (Å²) in [5, 5.41) is 7.00. The van der Waals surface area contributed by atoms with E-state index in [1.807, 2.05) is 0 Å². The lowest BCUT2D eigenvalue weighted by Crippen LogP contribution is -2.22. The molecule has 1 N–H and O–H groups in total. The third kappa shape index (κ3) is 4.38. The molecule has 3 aromatic rings. The minimum Gasteiger partial charge on any atom is -0.462 e. The van der Waals surface area contributed by atoms with E-state index in [1.165, 1.54) is 24.3 Å². The van der Waals surface area contributed by atoms with Gasteiger partial charge in [-0.3, -0.25) is 9.89 Å². The van der Waals surface area contributed by atoms with Crippen molar-refractivity contribution in [2.75, 3.05) is 6.61 Å². The van der Waals surface area contributed by atoms with Crippen molar-refractivity contribution in [2.24, 2.45) is 0 Å². The number of hydrogen-bond acceptors (Lipinski definition) is 4. The number of esters is 1. The second kappa shape index (κ2) is 9.32. The number of ether oxygens (including phenoxy) is 1. The SMILES string of the molecule is CCOC(=O)c1ccc(-c2n[nH]c3c2C(C(=O)c2c(Br)cccc2C(F)(F)F)CCC3)c(F)c1. The molecule has 4 rings (SSSR count). The van der Waals surface area contributed by atoms with Crippen LogP contribution in [-0.4, -0.2) is 28.6 Å². The van der Waals surface area contributed by atoms with Gasteiger partial charge in [0.1, 0.15) is 5.82 Å². The summed E-state index contributed by atoms with van der Waals surface area (Å²) < 4.78 is 60.9. The van der Waals surface area contributed by atoms with Crippen molar-refractivity contribution in [3.63, 3.8) is 0 Å². The van der Waals surface area contributed by atoms with E-state index < -0.39 is 40.8 Å². The Labute approximate surface area is 200 Å². The largest absolute Gasteiger partial charge is 0.462 e. The molecule has 1 aromatic heterocycles. The number of hydrogen-bond donors (Lipinski definition) is 1. The number of fused-ring (bicyclic) bond motifs is 1. The minimum absolute atomic E-state index is 0.0168. The van der Waals surface area contributed by atoms with E-state index >= 15 is 4.39 Å². The molecular formula is C24H19BrF4N2O3. The summed E-state index contributed by atoms with van der Waals surface area (Å²) >= 11 is 3.10. The van der Waals surface area contributed by atoms with Gasteiger partial charge < -0.3 is 4.74 Å². The molecule has 1 atom stereocenters. The molecule has 178 valence electrons. The van der Waals surface area contributed by atoms with Crippen molar-refractivity contribution in [2.45, 2.75) is 38.3 Å². The number of alkyl halides is 3. The topological polar surface area (TPSA) is 72.0 Å². The van der Waals surface area contributed by atoms with Crippen LogP contribution in [0.1, 0.15) is 63.2 Å². The average molecular weight is 539 g/mol. The van der Waals surface area contributed by atoms with Crippen molar-refractivity contribution >= 4 is 27.7 Å². The number of nitrogens with zero attached hydrogens (tertiary/aromatic N) is 1. The molecule has 2 aromatic carbocycles. The molecule has 1 aliphatic carbocycles. The highest BCUT2D eigenvalue weighted by Crippen LogP contribution is 2.43. The van der Waals surface area contributed by atoms with Crippen LogP contribution >= 0.6 is 15.9 Å². The summed E-state index contributed by atoms with van der Waals surface area (Å²) in [4.78, 5) is 25.4. The van der Waals surface area contributed by atoms with Gasteiger partial charge in [0.2, 0.25) is 0 Å². The van der Waals surface area contributed by atoms with Crippen LogP contribution in [-0.2, 0) is 17.3 Å². The fourth-order valence-electron chi connectivity index (χ4n) is 4.28. The first kappa shape index (κ1) is 24.1. The Morgan fingerprint density at radius 3 is 2.68 bits per heavy atom. The molecule has 0 bridgehead atoms. The summed E-state index contributed by atoms with van der Waals surface area (Å²) in [5.41, 5.74) is -0.345. The fraction of sp³-hybridized carbons (Fsp3) is 0.292. The van der Waals surface area contributed by atoms with Gasteiger partial charge in [-0.1, -0.05) is 22.0 Å². The molecule has 34 heavy (non-hydrogen) atoms. The monoisotopic (exact) mass is 538 g/mol. The number of Topliss-reactive ketones (excluding diaryl/α,β-unsaturated/α-hetero) is 1. The zero-order chi connectivity index (χ0) is 24.6. The highest BCUT2D eigenvalue weighted by atomic mass is 79.9. The molecule has 10 heteroatoms. The predicted molar refractivity (Wildman–Crippen MR) is 119 cm³/mol. The van der Waals surface area contributed by atoms with E-state index in [0.717, 1.165) is 12.1 Å². The minimum atomic E-state index is -4.72. The van der Waals surface area contributed by atoms with Gasteiger partial charge in [-0.15, -0.1) is 0 Å². The number of carbonyl (C=O) groups excluding carboxylic acids is 2. The second-order valence-electron chi connectivity index (χ2n) is 7.85. The molecule has 0 amide bonds. The molecule has 0 radical (unpaired) electrons. The van der Waals surface area contributed by atoms with Crippen LogP contribution in [0.4, 0.5) is 17.6 Å². The molecule has 1 aliphatic rings. The second-order valence-corrected chi connectivity index (χ2v) is 8.70. The number of aromatic nitrogens is 2. The van der Waals surface area contributed by atoms with Crippen LogP contribution in [0.2, 0.25) is 0 Å². The zero-order valence-corrected chi connectivity index (χ0v) is 19.5. The number of aryl methyl sites for hydroxylation is 1. The van der Waals surface area contributed by atoms with Gasteiger partial charge >= 0.3 is 12.1 Å². The summed E-state index contributed by atoms with van der Waals surface area (Å²) in [5.74, 6) is -3.10.